The second-order valence-electron chi connectivity index (χ2n) is 11.2. The molecule has 12 nitrogen and oxygen atoms in total. The van der Waals surface area contributed by atoms with Crippen LogP contribution in [-0.4, -0.2) is 169 Å². The summed E-state index contributed by atoms with van der Waals surface area (Å²) in [4.78, 5) is 0. The molecular formula is C24H57N12P3. The largest absolute Gasteiger partial charge is 0.252 e. The van der Waals surface area contributed by atoms with E-state index in [4.69, 9.17) is 14.2 Å². The maximum Gasteiger partial charge on any atom is 0.171 e. The molecule has 0 aliphatic heterocycles. The Kier molecular flexibility index (Phi) is 13.3. The topological polar surface area (TPSA) is 66.2 Å². The third-order valence-corrected chi connectivity index (χ3v) is 17.6. The van der Waals surface area contributed by atoms with Crippen molar-refractivity contribution in [1.29, 1.82) is 0 Å². The summed E-state index contributed by atoms with van der Waals surface area (Å²) in [6, 6.07) is 6.32. The molecule has 0 aliphatic rings. The molecule has 0 spiro atoms. The van der Waals surface area contributed by atoms with Crippen molar-refractivity contribution in [3.8, 4) is 0 Å². The SMILES string of the molecule is CN(C)P(=Nc1cc(N=P(N(C)C)(N(C)C)N(C)C)cc(N=P(N(C)C)(N(C)C)N(C)C)c1)(N(C)C)N(C)C. The van der Waals surface area contributed by atoms with Crippen LogP contribution in [-0.2, 0) is 0 Å². The normalized spacial score (nSPS) is 13.9. The lowest BCUT2D eigenvalue weighted by Crippen LogP contribution is -2.30. The highest BCUT2D eigenvalue weighted by Crippen LogP contribution is 2.61. The Hall–Kier alpha value is -0.450. The zero-order valence-corrected chi connectivity index (χ0v) is 30.6. The van der Waals surface area contributed by atoms with Gasteiger partial charge >= 0.3 is 0 Å². The Bertz CT molecular complexity index is 885. The minimum atomic E-state index is -2.19. The molecule has 0 bridgehead atoms. The highest BCUT2D eigenvalue weighted by Gasteiger charge is 2.32. The van der Waals surface area contributed by atoms with Gasteiger partial charge in [0.1, 0.15) is 0 Å². The van der Waals surface area contributed by atoms with E-state index in [0.717, 1.165) is 17.1 Å². The summed E-state index contributed by atoms with van der Waals surface area (Å²) in [6.07, 6.45) is 0. The predicted molar refractivity (Wildman–Crippen MR) is 177 cm³/mol. The van der Waals surface area contributed by atoms with Gasteiger partial charge in [-0.05, 0) is 145 Å². The highest BCUT2D eigenvalue weighted by atomic mass is 31.2. The van der Waals surface area contributed by atoms with Crippen LogP contribution >= 0.6 is 22.5 Å². The maximum absolute atomic E-state index is 5.45. The van der Waals surface area contributed by atoms with E-state index in [2.05, 4.69) is 187 Å². The molecule has 0 heterocycles. The standard InChI is InChI=1S/C24H57N12P3/c1-28(2)37(29(3)4,30(5)6)25-22-19-23(26-38(31(7)8,32(9)10)33(11)12)21-24(20-22)27-39(34(13)14,35(15)16)36(17)18/h19-21H,1-18H3. The van der Waals surface area contributed by atoms with Gasteiger partial charge in [-0.15, -0.1) is 0 Å². The van der Waals surface area contributed by atoms with Crippen molar-refractivity contribution in [1.82, 2.24) is 42.0 Å². The maximum atomic E-state index is 5.45. The molecule has 0 atom stereocenters. The van der Waals surface area contributed by atoms with Gasteiger partial charge in [0.15, 0.2) is 22.5 Å². The first-order chi connectivity index (χ1) is 17.7. The first-order valence-corrected chi connectivity index (χ1v) is 17.7. The summed E-state index contributed by atoms with van der Waals surface area (Å²) in [5.74, 6) is 0. The third kappa shape index (κ3) is 7.31. The van der Waals surface area contributed by atoms with Crippen LogP contribution in [0.2, 0.25) is 0 Å². The van der Waals surface area contributed by atoms with Crippen LogP contribution in [0.25, 0.3) is 0 Å². The van der Waals surface area contributed by atoms with Crippen molar-refractivity contribution < 1.29 is 0 Å². The van der Waals surface area contributed by atoms with Crippen LogP contribution < -0.4 is 0 Å². The summed E-state index contributed by atoms with van der Waals surface area (Å²) in [7, 11) is 31.1. The second-order valence-corrected chi connectivity index (χ2v) is 22.3. The van der Waals surface area contributed by atoms with Crippen molar-refractivity contribution in [2.24, 2.45) is 14.2 Å². The van der Waals surface area contributed by atoms with E-state index in [9.17, 15) is 0 Å². The third-order valence-electron chi connectivity index (χ3n) is 6.47. The van der Waals surface area contributed by atoms with Gasteiger partial charge in [0, 0.05) is 0 Å². The van der Waals surface area contributed by atoms with E-state index >= 15 is 0 Å². The van der Waals surface area contributed by atoms with E-state index in [-0.39, 0.29) is 0 Å². The van der Waals surface area contributed by atoms with Gasteiger partial charge in [0.2, 0.25) is 0 Å². The molecule has 228 valence electrons. The molecule has 0 saturated carbocycles. The Balaban J connectivity index is 4.44. The number of hydrogen-bond donors (Lipinski definition) is 0. The van der Waals surface area contributed by atoms with Crippen molar-refractivity contribution in [2.75, 3.05) is 127 Å². The lowest BCUT2D eigenvalue weighted by Gasteiger charge is -2.42. The molecule has 15 heteroatoms. The van der Waals surface area contributed by atoms with Crippen LogP contribution in [0.5, 0.6) is 0 Å². The van der Waals surface area contributed by atoms with Gasteiger partial charge in [0.25, 0.3) is 0 Å². The zero-order valence-electron chi connectivity index (χ0n) is 27.9. The van der Waals surface area contributed by atoms with E-state index < -0.39 is 22.5 Å². The first-order valence-electron chi connectivity index (χ1n) is 12.9. The number of nitrogens with zero attached hydrogens (tertiary/aromatic N) is 12. The molecule has 0 aliphatic carbocycles. The Morgan fingerprint density at radius 3 is 0.538 bits per heavy atom. The summed E-state index contributed by atoms with van der Waals surface area (Å²) in [5, 5.41) is 0. The van der Waals surface area contributed by atoms with Crippen LogP contribution in [0.15, 0.2) is 32.4 Å². The summed E-state index contributed by atoms with van der Waals surface area (Å²) in [5.41, 5.74) is 2.59. The Morgan fingerprint density at radius 1 is 0.308 bits per heavy atom. The molecule has 0 saturated heterocycles. The van der Waals surface area contributed by atoms with E-state index in [1.807, 2.05) is 0 Å². The molecule has 39 heavy (non-hydrogen) atoms. The van der Waals surface area contributed by atoms with Gasteiger partial charge in [-0.2, -0.15) is 0 Å². The summed E-state index contributed by atoms with van der Waals surface area (Å²) >= 11 is 0. The smallest absolute Gasteiger partial charge is 0.171 e. The fourth-order valence-electron chi connectivity index (χ4n) is 5.24. The monoisotopic (exact) mass is 606 g/mol. The molecule has 0 N–H and O–H groups in total. The van der Waals surface area contributed by atoms with Crippen LogP contribution in [0.4, 0.5) is 17.1 Å². The summed E-state index contributed by atoms with van der Waals surface area (Å²) < 4.78 is 36.4. The Labute approximate surface area is 240 Å². The van der Waals surface area contributed by atoms with Crippen molar-refractivity contribution in [3.05, 3.63) is 18.2 Å². The molecule has 0 amide bonds. The van der Waals surface area contributed by atoms with Crippen molar-refractivity contribution >= 4 is 39.6 Å². The van der Waals surface area contributed by atoms with Gasteiger partial charge in [-0.25, -0.2) is 14.2 Å². The van der Waals surface area contributed by atoms with E-state index in [1.54, 1.807) is 0 Å². The lowest BCUT2D eigenvalue weighted by molar-refractivity contribution is 0.474. The number of hydrogen-bond acceptors (Lipinski definition) is 3. The molecule has 1 rings (SSSR count). The van der Waals surface area contributed by atoms with Crippen LogP contribution in [0.3, 0.4) is 0 Å². The summed E-state index contributed by atoms with van der Waals surface area (Å²) in [6.45, 7) is 0. The molecule has 0 aromatic heterocycles. The van der Waals surface area contributed by atoms with Gasteiger partial charge in [-0.1, -0.05) is 0 Å². The van der Waals surface area contributed by atoms with E-state index in [0.29, 0.717) is 0 Å². The molecule has 1 aromatic rings. The minimum absolute atomic E-state index is 0.864. The Morgan fingerprint density at radius 2 is 0.436 bits per heavy atom. The van der Waals surface area contributed by atoms with Crippen LogP contribution in [0.1, 0.15) is 0 Å². The van der Waals surface area contributed by atoms with Gasteiger partial charge in [0.05, 0.1) is 17.1 Å². The first kappa shape index (κ1) is 36.6. The molecular weight excluding hydrogens is 549 g/mol. The molecule has 0 fully saturated rings. The van der Waals surface area contributed by atoms with Gasteiger partial charge in [-0.3, -0.25) is 42.0 Å². The number of benzene rings is 1. The van der Waals surface area contributed by atoms with Crippen LogP contribution in [0, 0.1) is 0 Å². The van der Waals surface area contributed by atoms with Gasteiger partial charge < -0.3 is 0 Å². The predicted octanol–water partition coefficient (Wildman–Crippen LogP) is 5.47. The molecule has 1 aromatic carbocycles. The number of rotatable bonds is 12. The highest BCUT2D eigenvalue weighted by molar-refractivity contribution is 7.59. The fraction of sp³-hybridized carbons (Fsp3) is 0.750. The fourth-order valence-corrected chi connectivity index (χ4v) is 14.6. The minimum Gasteiger partial charge on any atom is -0.252 e. The molecule has 0 radical (unpaired) electrons. The van der Waals surface area contributed by atoms with Crippen molar-refractivity contribution in [3.63, 3.8) is 0 Å². The lowest BCUT2D eigenvalue weighted by atomic mass is 10.2. The average molecular weight is 607 g/mol. The molecule has 0 unspecified atom stereocenters. The van der Waals surface area contributed by atoms with Crippen molar-refractivity contribution in [2.45, 2.75) is 0 Å². The second kappa shape index (κ2) is 14.1. The van der Waals surface area contributed by atoms with E-state index in [1.165, 1.54) is 0 Å². The average Bonchev–Trinajstić information content (AvgIpc) is 2.77. The zero-order chi connectivity index (χ0) is 30.7. The quantitative estimate of drug-likeness (QED) is 0.288.